The van der Waals surface area contributed by atoms with E-state index in [0.29, 0.717) is 11.7 Å². The van der Waals surface area contributed by atoms with Crippen molar-refractivity contribution in [3.63, 3.8) is 0 Å². The molecule has 0 radical (unpaired) electrons. The van der Waals surface area contributed by atoms with Crippen LogP contribution in [-0.4, -0.2) is 56.1 Å². The van der Waals surface area contributed by atoms with Crippen molar-refractivity contribution in [3.05, 3.63) is 73.1 Å². The molecule has 0 unspecified atom stereocenters. The lowest BCUT2D eigenvalue weighted by atomic mass is 10.0. The average Bonchev–Trinajstić information content (AvgIpc) is 3.65. The fraction of sp³-hybridized carbons (Fsp3) is 0.321. The van der Waals surface area contributed by atoms with Gasteiger partial charge in [0.05, 0.1) is 16.0 Å². The average molecular weight is 502 g/mol. The lowest BCUT2D eigenvalue weighted by Gasteiger charge is -2.18. The molecule has 1 atom stereocenters. The number of likely N-dealkylation sites (tertiary alicyclic amines) is 1. The van der Waals surface area contributed by atoms with Crippen molar-refractivity contribution in [1.29, 1.82) is 0 Å². The van der Waals surface area contributed by atoms with Gasteiger partial charge in [-0.05, 0) is 68.8 Å². The Morgan fingerprint density at radius 2 is 1.78 bits per heavy atom. The number of nitrogens with zero attached hydrogens (tertiary/aromatic N) is 4. The van der Waals surface area contributed by atoms with Gasteiger partial charge in [-0.3, -0.25) is 4.72 Å². The van der Waals surface area contributed by atoms with Gasteiger partial charge >= 0.3 is 0 Å². The van der Waals surface area contributed by atoms with Gasteiger partial charge in [0.1, 0.15) is 5.65 Å². The normalized spacial score (nSPS) is 18.8. The number of hydrogen-bond acceptors (Lipinski definition) is 5. The second-order valence-corrected chi connectivity index (χ2v) is 11.6. The van der Waals surface area contributed by atoms with E-state index in [4.69, 9.17) is 4.98 Å². The summed E-state index contributed by atoms with van der Waals surface area (Å²) in [4.78, 5) is 9.75. The minimum atomic E-state index is -3.75. The maximum Gasteiger partial charge on any atom is 0.261 e. The molecule has 2 aliphatic heterocycles. The van der Waals surface area contributed by atoms with Gasteiger partial charge in [-0.15, -0.1) is 0 Å². The van der Waals surface area contributed by atoms with Crippen molar-refractivity contribution in [1.82, 2.24) is 14.5 Å². The van der Waals surface area contributed by atoms with Gasteiger partial charge in [0.2, 0.25) is 0 Å². The molecule has 2 fully saturated rings. The lowest BCUT2D eigenvalue weighted by Crippen LogP contribution is -2.17. The molecule has 0 saturated carbocycles. The Morgan fingerprint density at radius 3 is 2.53 bits per heavy atom. The number of pyridine rings is 1. The topological polar surface area (TPSA) is 70.5 Å². The molecule has 6 rings (SSSR count). The molecule has 1 N–H and O–H groups in total. The van der Waals surface area contributed by atoms with Crippen LogP contribution in [0, 0.1) is 0 Å². The summed E-state index contributed by atoms with van der Waals surface area (Å²) in [6.07, 6.45) is 7.34. The molecule has 0 amide bonds. The maximum atomic E-state index is 13.3. The van der Waals surface area contributed by atoms with Crippen LogP contribution in [0.4, 0.5) is 11.4 Å². The first-order valence-electron chi connectivity index (χ1n) is 12.6. The van der Waals surface area contributed by atoms with E-state index in [1.165, 1.54) is 18.5 Å². The Kier molecular flexibility index (Phi) is 5.93. The van der Waals surface area contributed by atoms with Crippen LogP contribution in [0.3, 0.4) is 0 Å². The summed E-state index contributed by atoms with van der Waals surface area (Å²) < 4.78 is 31.7. The maximum absolute atomic E-state index is 13.3. The zero-order valence-corrected chi connectivity index (χ0v) is 21.3. The van der Waals surface area contributed by atoms with Crippen molar-refractivity contribution in [2.75, 3.05) is 42.8 Å². The summed E-state index contributed by atoms with van der Waals surface area (Å²) in [7, 11) is -1.61. The number of sulfonamides is 1. The fourth-order valence-corrected chi connectivity index (χ4v) is 6.64. The molecule has 0 bridgehead atoms. The number of fused-ring (bicyclic) bond motifs is 1. The van der Waals surface area contributed by atoms with Crippen molar-refractivity contribution in [2.45, 2.75) is 30.2 Å². The van der Waals surface area contributed by atoms with E-state index in [-0.39, 0.29) is 4.90 Å². The minimum Gasteiger partial charge on any atom is -0.372 e. The Labute approximate surface area is 212 Å². The van der Waals surface area contributed by atoms with E-state index in [0.717, 1.165) is 54.8 Å². The Balaban J connectivity index is 1.50. The molecule has 0 spiro atoms. The molecule has 7 nitrogen and oxygen atoms in total. The predicted octanol–water partition coefficient (Wildman–Crippen LogP) is 4.98. The van der Waals surface area contributed by atoms with E-state index in [1.807, 2.05) is 6.07 Å². The third-order valence-corrected chi connectivity index (χ3v) is 8.78. The van der Waals surface area contributed by atoms with Crippen LogP contribution >= 0.6 is 0 Å². The number of hydrogen-bond donors (Lipinski definition) is 1. The number of benzene rings is 2. The molecule has 36 heavy (non-hydrogen) atoms. The third kappa shape index (κ3) is 4.24. The van der Waals surface area contributed by atoms with Gasteiger partial charge in [0, 0.05) is 49.3 Å². The first-order chi connectivity index (χ1) is 17.5. The highest BCUT2D eigenvalue weighted by atomic mass is 32.2. The first kappa shape index (κ1) is 23.1. The van der Waals surface area contributed by atoms with Crippen molar-refractivity contribution >= 4 is 32.4 Å². The Bertz CT molecular complexity index is 1490. The van der Waals surface area contributed by atoms with Gasteiger partial charge in [0.25, 0.3) is 10.0 Å². The number of anilines is 2. The highest BCUT2D eigenvalue weighted by Gasteiger charge is 2.27. The SMILES string of the molecule is CN1CC[C@@H](n2cc(-c3cccc(N4CCCC4)c3)c3c(NS(=O)(=O)c4ccccc4)ccnc32)C1. The van der Waals surface area contributed by atoms with E-state index in [1.54, 1.807) is 36.5 Å². The van der Waals surface area contributed by atoms with Crippen LogP contribution in [0.1, 0.15) is 25.3 Å². The lowest BCUT2D eigenvalue weighted by molar-refractivity contribution is 0.395. The van der Waals surface area contributed by atoms with Crippen LogP contribution in [0.2, 0.25) is 0 Å². The van der Waals surface area contributed by atoms with Gasteiger partial charge in [-0.1, -0.05) is 30.3 Å². The summed E-state index contributed by atoms with van der Waals surface area (Å²) in [6.45, 7) is 4.12. The van der Waals surface area contributed by atoms with E-state index >= 15 is 0 Å². The number of nitrogens with one attached hydrogen (secondary N) is 1. The Morgan fingerprint density at radius 1 is 0.972 bits per heavy atom. The number of aromatic nitrogens is 2. The first-order valence-corrected chi connectivity index (χ1v) is 14.1. The second kappa shape index (κ2) is 9.26. The molecule has 4 heterocycles. The minimum absolute atomic E-state index is 0.240. The highest BCUT2D eigenvalue weighted by molar-refractivity contribution is 7.92. The van der Waals surface area contributed by atoms with Crippen molar-refractivity contribution in [2.24, 2.45) is 0 Å². The predicted molar refractivity (Wildman–Crippen MR) is 145 cm³/mol. The fourth-order valence-electron chi connectivity index (χ4n) is 5.55. The summed E-state index contributed by atoms with van der Waals surface area (Å²) in [5.74, 6) is 0. The second-order valence-electron chi connectivity index (χ2n) is 9.87. The zero-order valence-electron chi connectivity index (χ0n) is 20.5. The van der Waals surface area contributed by atoms with Gasteiger partial charge < -0.3 is 14.4 Å². The Hall–Kier alpha value is -3.36. The summed E-state index contributed by atoms with van der Waals surface area (Å²) in [5, 5.41) is 0.838. The number of rotatable bonds is 6. The van der Waals surface area contributed by atoms with Crippen LogP contribution in [0.15, 0.2) is 78.0 Å². The molecular formula is C28H31N5O2S. The summed E-state index contributed by atoms with van der Waals surface area (Å²) >= 11 is 0. The van der Waals surface area contributed by atoms with Crippen LogP contribution < -0.4 is 9.62 Å². The molecule has 2 aliphatic rings. The molecule has 186 valence electrons. The van der Waals surface area contributed by atoms with Crippen molar-refractivity contribution in [3.8, 4) is 11.1 Å². The zero-order chi connectivity index (χ0) is 24.7. The number of likely N-dealkylation sites (N-methyl/N-ethyl adjacent to an activating group) is 1. The van der Waals surface area contributed by atoms with E-state index in [9.17, 15) is 8.42 Å². The van der Waals surface area contributed by atoms with Crippen LogP contribution in [0.25, 0.3) is 22.2 Å². The van der Waals surface area contributed by atoms with Gasteiger partial charge in [-0.2, -0.15) is 0 Å². The van der Waals surface area contributed by atoms with E-state index < -0.39 is 10.0 Å². The molecule has 2 aromatic carbocycles. The third-order valence-electron chi connectivity index (χ3n) is 7.40. The molecule has 0 aliphatic carbocycles. The standard InChI is InChI=1S/C28H31N5O2S/c1-31-17-13-23(19-31)33-20-25(21-8-7-9-22(18-21)32-15-5-6-16-32)27-26(12-14-29-28(27)33)30-36(34,35)24-10-3-2-4-11-24/h2-4,7-12,14,18,20,23H,5-6,13,15-17,19H2,1H3,(H,29,30)/t23-/m1/s1. The quantitative estimate of drug-likeness (QED) is 0.404. The van der Waals surface area contributed by atoms with Crippen LogP contribution in [-0.2, 0) is 10.0 Å². The highest BCUT2D eigenvalue weighted by Crippen LogP contribution is 2.39. The summed E-state index contributed by atoms with van der Waals surface area (Å²) in [6, 6.07) is 19.2. The molecule has 8 heteroatoms. The molecule has 2 saturated heterocycles. The van der Waals surface area contributed by atoms with Crippen LogP contribution in [0.5, 0.6) is 0 Å². The molecule has 4 aromatic rings. The van der Waals surface area contributed by atoms with E-state index in [2.05, 4.69) is 56.6 Å². The molecule has 2 aromatic heterocycles. The summed E-state index contributed by atoms with van der Waals surface area (Å²) in [5.41, 5.74) is 4.64. The molecular weight excluding hydrogens is 470 g/mol. The van der Waals surface area contributed by atoms with Gasteiger partial charge in [0.15, 0.2) is 0 Å². The monoisotopic (exact) mass is 501 g/mol. The van der Waals surface area contributed by atoms with Crippen molar-refractivity contribution < 1.29 is 8.42 Å². The largest absolute Gasteiger partial charge is 0.372 e. The van der Waals surface area contributed by atoms with Gasteiger partial charge in [-0.25, -0.2) is 13.4 Å². The smallest absolute Gasteiger partial charge is 0.261 e.